The summed E-state index contributed by atoms with van der Waals surface area (Å²) in [6.07, 6.45) is 4.55. The van der Waals surface area contributed by atoms with Crippen molar-refractivity contribution in [3.05, 3.63) is 34.9 Å². The van der Waals surface area contributed by atoms with Gasteiger partial charge in [0.05, 0.1) is 10.6 Å². The number of hydrogen-bond donors (Lipinski definition) is 1. The zero-order chi connectivity index (χ0) is 13.9. The van der Waals surface area contributed by atoms with Gasteiger partial charge < -0.3 is 10.3 Å². The van der Waals surface area contributed by atoms with Crippen molar-refractivity contribution in [3.8, 4) is 11.3 Å². The Morgan fingerprint density at radius 1 is 1.25 bits per heavy atom. The Morgan fingerprint density at radius 3 is 2.60 bits per heavy atom. The molecule has 2 N–H and O–H groups in total. The van der Waals surface area contributed by atoms with E-state index in [1.807, 2.05) is 0 Å². The first-order chi connectivity index (χ1) is 9.66. The maximum atomic E-state index is 14.1. The number of rotatable bonds is 3. The molecule has 2 aliphatic rings. The summed E-state index contributed by atoms with van der Waals surface area (Å²) in [7, 11) is 0. The molecule has 0 atom stereocenters. The number of nitrogens with zero attached hydrogens (tertiary/aromatic N) is 2. The van der Waals surface area contributed by atoms with Crippen molar-refractivity contribution in [3.63, 3.8) is 0 Å². The van der Waals surface area contributed by atoms with Gasteiger partial charge in [-0.05, 0) is 37.8 Å². The predicted octanol–water partition coefficient (Wildman–Crippen LogP) is 4.14. The summed E-state index contributed by atoms with van der Waals surface area (Å²) in [5, 5.41) is 0.361. The Morgan fingerprint density at radius 2 is 2.00 bits per heavy atom. The van der Waals surface area contributed by atoms with Crippen molar-refractivity contribution in [1.82, 2.24) is 9.55 Å². The summed E-state index contributed by atoms with van der Waals surface area (Å²) in [6.45, 7) is 0. The average molecular weight is 292 g/mol. The number of nitrogens with two attached hydrogens (primary N) is 1. The topological polar surface area (TPSA) is 43.8 Å². The van der Waals surface area contributed by atoms with Gasteiger partial charge in [-0.2, -0.15) is 0 Å². The molecule has 1 aromatic carbocycles. The van der Waals surface area contributed by atoms with Gasteiger partial charge in [0.25, 0.3) is 0 Å². The Kier molecular flexibility index (Phi) is 2.58. The third-order valence-corrected chi connectivity index (χ3v) is 4.34. The Hall–Kier alpha value is -1.55. The molecule has 20 heavy (non-hydrogen) atoms. The molecule has 1 aromatic heterocycles. The maximum absolute atomic E-state index is 14.1. The average Bonchev–Trinajstić information content (AvgIpc) is 3.30. The van der Waals surface area contributed by atoms with Crippen molar-refractivity contribution in [1.29, 1.82) is 0 Å². The molecule has 0 saturated heterocycles. The first-order valence-corrected chi connectivity index (χ1v) is 7.36. The number of halogens is 2. The molecule has 2 aromatic rings. The maximum Gasteiger partial charge on any atom is 0.134 e. The number of benzene rings is 1. The summed E-state index contributed by atoms with van der Waals surface area (Å²) in [5.41, 5.74) is 7.08. The zero-order valence-electron chi connectivity index (χ0n) is 10.9. The molecule has 4 rings (SSSR count). The first kappa shape index (κ1) is 12.2. The zero-order valence-corrected chi connectivity index (χ0v) is 11.7. The standard InChI is InChI=1S/C15H15ClFN3/c16-10-2-1-3-11(17)12(10)13-14(18)20(9-6-7-9)15(19-13)8-4-5-8/h1-3,8-9H,4-7,18H2. The molecule has 2 fully saturated rings. The van der Waals surface area contributed by atoms with E-state index in [-0.39, 0.29) is 5.82 Å². The van der Waals surface area contributed by atoms with Crippen molar-refractivity contribution >= 4 is 17.4 Å². The summed E-state index contributed by atoms with van der Waals surface area (Å²) in [4.78, 5) is 4.64. The third-order valence-electron chi connectivity index (χ3n) is 4.03. The third kappa shape index (κ3) is 1.82. The summed E-state index contributed by atoms with van der Waals surface area (Å²) in [6, 6.07) is 5.11. The highest BCUT2D eigenvalue weighted by Crippen LogP contribution is 2.48. The highest BCUT2D eigenvalue weighted by atomic mass is 35.5. The number of anilines is 1. The Balaban J connectivity index is 1.92. The second-order valence-corrected chi connectivity index (χ2v) is 6.08. The van der Waals surface area contributed by atoms with Crippen LogP contribution in [0.4, 0.5) is 10.2 Å². The number of nitrogen functional groups attached to an aromatic ring is 1. The van der Waals surface area contributed by atoms with Gasteiger partial charge in [-0.3, -0.25) is 0 Å². The lowest BCUT2D eigenvalue weighted by atomic mass is 10.1. The van der Waals surface area contributed by atoms with Crippen LogP contribution in [0.1, 0.15) is 43.5 Å². The van der Waals surface area contributed by atoms with Gasteiger partial charge in [-0.15, -0.1) is 0 Å². The van der Waals surface area contributed by atoms with Crippen molar-refractivity contribution in [2.45, 2.75) is 37.6 Å². The van der Waals surface area contributed by atoms with Gasteiger partial charge in [0.1, 0.15) is 23.2 Å². The molecule has 1 heterocycles. The Bertz CT molecular complexity index is 666. The largest absolute Gasteiger partial charge is 0.383 e. The van der Waals surface area contributed by atoms with Crippen LogP contribution in [-0.4, -0.2) is 9.55 Å². The fourth-order valence-electron chi connectivity index (χ4n) is 2.72. The molecule has 2 saturated carbocycles. The SMILES string of the molecule is Nc1c(-c2c(F)cccc2Cl)nc(C2CC2)n1C1CC1. The van der Waals surface area contributed by atoms with Crippen molar-refractivity contribution in [2.75, 3.05) is 5.73 Å². The molecule has 3 nitrogen and oxygen atoms in total. The second kappa shape index (κ2) is 4.22. The van der Waals surface area contributed by atoms with E-state index >= 15 is 0 Å². The second-order valence-electron chi connectivity index (χ2n) is 5.68. The summed E-state index contributed by atoms with van der Waals surface area (Å²) >= 11 is 6.14. The lowest BCUT2D eigenvalue weighted by molar-refractivity contribution is 0.631. The number of hydrogen-bond acceptors (Lipinski definition) is 2. The highest BCUT2D eigenvalue weighted by molar-refractivity contribution is 6.33. The molecule has 104 valence electrons. The molecule has 0 aliphatic heterocycles. The number of imidazole rings is 1. The van der Waals surface area contributed by atoms with Crippen LogP contribution in [0.3, 0.4) is 0 Å². The van der Waals surface area contributed by atoms with Crippen LogP contribution >= 0.6 is 11.6 Å². The monoisotopic (exact) mass is 291 g/mol. The van der Waals surface area contributed by atoms with Gasteiger partial charge in [-0.1, -0.05) is 17.7 Å². The van der Waals surface area contributed by atoms with E-state index in [9.17, 15) is 4.39 Å². The van der Waals surface area contributed by atoms with Crippen molar-refractivity contribution in [2.24, 2.45) is 0 Å². The minimum Gasteiger partial charge on any atom is -0.383 e. The molecule has 0 radical (unpaired) electrons. The summed E-state index contributed by atoms with van der Waals surface area (Å²) < 4.78 is 16.2. The van der Waals surface area contributed by atoms with Gasteiger partial charge in [0, 0.05) is 12.0 Å². The van der Waals surface area contributed by atoms with Gasteiger partial charge in [-0.25, -0.2) is 9.37 Å². The van der Waals surface area contributed by atoms with Crippen LogP contribution in [0.2, 0.25) is 5.02 Å². The quantitative estimate of drug-likeness (QED) is 0.924. The van der Waals surface area contributed by atoms with Gasteiger partial charge in [0.15, 0.2) is 0 Å². The fraction of sp³-hybridized carbons (Fsp3) is 0.400. The van der Waals surface area contributed by atoms with E-state index < -0.39 is 0 Å². The van der Waals surface area contributed by atoms with Crippen LogP contribution in [-0.2, 0) is 0 Å². The highest BCUT2D eigenvalue weighted by Gasteiger charge is 2.37. The molecule has 0 bridgehead atoms. The lowest BCUT2D eigenvalue weighted by Gasteiger charge is -2.08. The van der Waals surface area contributed by atoms with E-state index in [0.29, 0.717) is 34.1 Å². The molecule has 0 amide bonds. The van der Waals surface area contributed by atoms with E-state index in [4.69, 9.17) is 17.3 Å². The number of aromatic nitrogens is 2. The van der Waals surface area contributed by atoms with E-state index in [2.05, 4.69) is 9.55 Å². The van der Waals surface area contributed by atoms with E-state index in [1.54, 1.807) is 12.1 Å². The van der Waals surface area contributed by atoms with Crippen molar-refractivity contribution < 1.29 is 4.39 Å². The van der Waals surface area contributed by atoms with Crippen LogP contribution < -0.4 is 5.73 Å². The smallest absolute Gasteiger partial charge is 0.134 e. The normalized spacial score (nSPS) is 18.5. The van der Waals surface area contributed by atoms with Gasteiger partial charge in [0.2, 0.25) is 0 Å². The predicted molar refractivity (Wildman–Crippen MR) is 77.3 cm³/mol. The minimum absolute atomic E-state index is 0.327. The molecule has 2 aliphatic carbocycles. The van der Waals surface area contributed by atoms with E-state index in [1.165, 1.54) is 6.07 Å². The first-order valence-electron chi connectivity index (χ1n) is 6.98. The molecule has 5 heteroatoms. The van der Waals surface area contributed by atoms with Crippen LogP contribution in [0, 0.1) is 5.82 Å². The Labute approximate surface area is 121 Å². The van der Waals surface area contributed by atoms with Crippen LogP contribution in [0.25, 0.3) is 11.3 Å². The molecule has 0 unspecified atom stereocenters. The minimum atomic E-state index is -0.369. The summed E-state index contributed by atoms with van der Waals surface area (Å²) in [5.74, 6) is 1.69. The molecular weight excluding hydrogens is 277 g/mol. The molecular formula is C15H15ClFN3. The molecule has 0 spiro atoms. The van der Waals surface area contributed by atoms with Crippen LogP contribution in [0.5, 0.6) is 0 Å². The van der Waals surface area contributed by atoms with E-state index in [0.717, 1.165) is 31.5 Å². The fourth-order valence-corrected chi connectivity index (χ4v) is 2.97. The van der Waals surface area contributed by atoms with Gasteiger partial charge >= 0.3 is 0 Å². The lowest BCUT2D eigenvalue weighted by Crippen LogP contribution is -2.04. The van der Waals surface area contributed by atoms with Crippen LogP contribution in [0.15, 0.2) is 18.2 Å².